The molecule has 7 nitrogen and oxygen atoms in total. The second-order valence-electron chi connectivity index (χ2n) is 4.76. The van der Waals surface area contributed by atoms with Crippen LogP contribution in [0.3, 0.4) is 0 Å². The molecule has 0 aliphatic heterocycles. The first-order valence-corrected chi connectivity index (χ1v) is 7.50. The van der Waals surface area contributed by atoms with Crippen LogP contribution < -0.4 is 5.32 Å². The molecule has 0 aromatic carbocycles. The molecule has 1 atom stereocenters. The number of thioether (sulfide) groups is 1. The van der Waals surface area contributed by atoms with E-state index in [1.165, 1.54) is 11.8 Å². The van der Waals surface area contributed by atoms with Gasteiger partial charge in [-0.15, -0.1) is 5.10 Å². The third-order valence-electron chi connectivity index (χ3n) is 2.89. The summed E-state index contributed by atoms with van der Waals surface area (Å²) < 4.78 is 1.80. The second-order valence-corrected chi connectivity index (χ2v) is 5.70. The molecule has 1 amide bonds. The van der Waals surface area contributed by atoms with Crippen LogP contribution in [-0.4, -0.2) is 49.6 Å². The third-order valence-corrected chi connectivity index (χ3v) is 3.82. The molecule has 1 saturated carbocycles. The van der Waals surface area contributed by atoms with Crippen LogP contribution in [0.2, 0.25) is 0 Å². The number of tetrazole rings is 1. The summed E-state index contributed by atoms with van der Waals surface area (Å²) in [6.45, 7) is 2.09. The highest BCUT2D eigenvalue weighted by molar-refractivity contribution is 7.99. The first-order valence-electron chi connectivity index (χ1n) is 6.51. The molecule has 2 rings (SSSR count). The van der Waals surface area contributed by atoms with Gasteiger partial charge < -0.3 is 10.4 Å². The molecule has 106 valence electrons. The average molecular weight is 285 g/mol. The van der Waals surface area contributed by atoms with Gasteiger partial charge in [0.25, 0.3) is 0 Å². The number of hydrogen-bond donors (Lipinski definition) is 2. The van der Waals surface area contributed by atoms with Crippen molar-refractivity contribution in [3.05, 3.63) is 0 Å². The molecule has 1 aromatic rings. The third kappa shape index (κ3) is 4.46. The maximum Gasteiger partial charge on any atom is 0.230 e. The Kier molecular flexibility index (Phi) is 5.15. The molecule has 1 heterocycles. The maximum atomic E-state index is 11.7. The van der Waals surface area contributed by atoms with E-state index >= 15 is 0 Å². The fourth-order valence-electron chi connectivity index (χ4n) is 1.74. The van der Waals surface area contributed by atoms with Gasteiger partial charge in [-0.2, -0.15) is 0 Å². The van der Waals surface area contributed by atoms with Crippen molar-refractivity contribution < 1.29 is 9.90 Å². The molecule has 19 heavy (non-hydrogen) atoms. The van der Waals surface area contributed by atoms with E-state index in [0.29, 0.717) is 23.4 Å². The van der Waals surface area contributed by atoms with Gasteiger partial charge in [0.2, 0.25) is 11.1 Å². The summed E-state index contributed by atoms with van der Waals surface area (Å²) in [5.74, 6) is 0.289. The van der Waals surface area contributed by atoms with Gasteiger partial charge in [-0.05, 0) is 43.0 Å². The molecule has 0 bridgehead atoms. The van der Waals surface area contributed by atoms with Crippen LogP contribution in [0.15, 0.2) is 5.16 Å². The molecule has 2 N–H and O–H groups in total. The summed E-state index contributed by atoms with van der Waals surface area (Å²) >= 11 is 1.36. The molecular weight excluding hydrogens is 266 g/mol. The summed E-state index contributed by atoms with van der Waals surface area (Å²) in [7, 11) is 0. The minimum absolute atomic E-state index is 0.0270. The molecular formula is C11H19N5O2S. The van der Waals surface area contributed by atoms with Crippen LogP contribution in [0.4, 0.5) is 0 Å². The van der Waals surface area contributed by atoms with E-state index in [0.717, 1.165) is 19.3 Å². The fraction of sp³-hybridized carbons (Fsp3) is 0.818. The molecule has 0 spiro atoms. The van der Waals surface area contributed by atoms with Crippen molar-refractivity contribution in [3.63, 3.8) is 0 Å². The highest BCUT2D eigenvalue weighted by Gasteiger charge is 2.28. The Morgan fingerprint density at radius 1 is 1.63 bits per heavy atom. The van der Waals surface area contributed by atoms with Crippen molar-refractivity contribution in [3.8, 4) is 0 Å². The van der Waals surface area contributed by atoms with E-state index in [2.05, 4.69) is 20.8 Å². The normalized spacial score (nSPS) is 16.3. The van der Waals surface area contributed by atoms with Crippen LogP contribution in [-0.2, 0) is 4.79 Å². The number of nitrogens with zero attached hydrogens (tertiary/aromatic N) is 4. The van der Waals surface area contributed by atoms with Crippen LogP contribution in [0.5, 0.6) is 0 Å². The van der Waals surface area contributed by atoms with Crippen molar-refractivity contribution in [1.29, 1.82) is 0 Å². The molecule has 1 unspecified atom stereocenters. The van der Waals surface area contributed by atoms with Crippen LogP contribution in [0, 0.1) is 0 Å². The second kappa shape index (κ2) is 6.85. The van der Waals surface area contributed by atoms with Gasteiger partial charge in [0, 0.05) is 12.6 Å². The van der Waals surface area contributed by atoms with Gasteiger partial charge in [-0.3, -0.25) is 4.79 Å². The number of aliphatic hydroxyl groups excluding tert-OH is 1. The van der Waals surface area contributed by atoms with Crippen molar-refractivity contribution in [2.45, 2.75) is 49.8 Å². The number of nitrogens with one attached hydrogen (secondary N) is 1. The van der Waals surface area contributed by atoms with Crippen molar-refractivity contribution in [1.82, 2.24) is 25.5 Å². The largest absolute Gasteiger partial charge is 0.396 e. The summed E-state index contributed by atoms with van der Waals surface area (Å²) in [6.07, 6.45) is 3.72. The average Bonchev–Trinajstić information content (AvgIpc) is 3.13. The Bertz CT molecular complexity index is 421. The molecule has 1 aliphatic carbocycles. The lowest BCUT2D eigenvalue weighted by Crippen LogP contribution is -2.34. The van der Waals surface area contributed by atoms with Crippen LogP contribution in [0.25, 0.3) is 0 Å². The smallest absolute Gasteiger partial charge is 0.230 e. The number of rotatable bonds is 8. The molecule has 1 aromatic heterocycles. The Balaban J connectivity index is 1.72. The number of hydrogen-bond acceptors (Lipinski definition) is 6. The Morgan fingerprint density at radius 3 is 3.11 bits per heavy atom. The molecule has 0 radical (unpaired) electrons. The highest BCUT2D eigenvalue weighted by atomic mass is 32.2. The van der Waals surface area contributed by atoms with Gasteiger partial charge >= 0.3 is 0 Å². The Morgan fingerprint density at radius 2 is 2.42 bits per heavy atom. The van der Waals surface area contributed by atoms with E-state index in [-0.39, 0.29) is 18.6 Å². The van der Waals surface area contributed by atoms with E-state index in [1.807, 2.05) is 6.92 Å². The first-order chi connectivity index (χ1) is 9.20. The number of aliphatic hydroxyl groups is 1. The Hall–Kier alpha value is -1.15. The standard InChI is InChI=1S/C11H19N5O2S/c1-8(3-2-6-17)12-10(18)7-19-11-13-14-15-16(11)9-4-5-9/h8-9,17H,2-7H2,1H3,(H,12,18). The molecule has 1 aliphatic rings. The zero-order valence-corrected chi connectivity index (χ0v) is 11.8. The van der Waals surface area contributed by atoms with Gasteiger partial charge in [-0.25, -0.2) is 4.68 Å². The van der Waals surface area contributed by atoms with Crippen LogP contribution in [0.1, 0.15) is 38.6 Å². The van der Waals surface area contributed by atoms with E-state index in [4.69, 9.17) is 5.11 Å². The predicted molar refractivity (Wildman–Crippen MR) is 70.7 cm³/mol. The quantitative estimate of drug-likeness (QED) is 0.671. The van der Waals surface area contributed by atoms with E-state index < -0.39 is 0 Å². The van der Waals surface area contributed by atoms with Crippen LogP contribution >= 0.6 is 11.8 Å². The molecule has 8 heteroatoms. The highest BCUT2D eigenvalue weighted by Crippen LogP contribution is 2.36. The van der Waals surface area contributed by atoms with Crippen molar-refractivity contribution in [2.24, 2.45) is 0 Å². The molecule has 0 saturated heterocycles. The topological polar surface area (TPSA) is 92.9 Å². The zero-order chi connectivity index (χ0) is 13.7. The first kappa shape index (κ1) is 14.3. The summed E-state index contributed by atoms with van der Waals surface area (Å²) in [5.41, 5.74) is 0. The lowest BCUT2D eigenvalue weighted by atomic mass is 10.2. The van der Waals surface area contributed by atoms with Crippen molar-refractivity contribution in [2.75, 3.05) is 12.4 Å². The minimum Gasteiger partial charge on any atom is -0.396 e. The maximum absolute atomic E-state index is 11.7. The van der Waals surface area contributed by atoms with Gasteiger partial charge in [0.15, 0.2) is 0 Å². The minimum atomic E-state index is -0.0270. The number of aromatic nitrogens is 4. The van der Waals surface area contributed by atoms with Gasteiger partial charge in [0.1, 0.15) is 0 Å². The van der Waals surface area contributed by atoms with E-state index in [1.54, 1.807) is 4.68 Å². The van der Waals surface area contributed by atoms with Crippen molar-refractivity contribution >= 4 is 17.7 Å². The molecule has 1 fully saturated rings. The monoisotopic (exact) mass is 285 g/mol. The zero-order valence-electron chi connectivity index (χ0n) is 10.9. The SMILES string of the molecule is CC(CCCO)NC(=O)CSc1nnnn1C1CC1. The lowest BCUT2D eigenvalue weighted by Gasteiger charge is -2.12. The number of amides is 1. The summed E-state index contributed by atoms with van der Waals surface area (Å²) in [6, 6.07) is 0.503. The summed E-state index contributed by atoms with van der Waals surface area (Å²) in [4.78, 5) is 11.7. The number of carbonyl (C=O) groups is 1. The van der Waals surface area contributed by atoms with Gasteiger partial charge in [-0.1, -0.05) is 11.8 Å². The fourth-order valence-corrected chi connectivity index (χ4v) is 2.50. The predicted octanol–water partition coefficient (Wildman–Crippen LogP) is 0.377. The number of carbonyl (C=O) groups excluding carboxylic acids is 1. The lowest BCUT2D eigenvalue weighted by molar-refractivity contribution is -0.119. The van der Waals surface area contributed by atoms with E-state index in [9.17, 15) is 4.79 Å². The Labute approximate surface area is 116 Å². The van der Waals surface area contributed by atoms with Gasteiger partial charge in [0.05, 0.1) is 11.8 Å². The summed E-state index contributed by atoms with van der Waals surface area (Å²) in [5, 5.41) is 23.8.